The molecule has 0 amide bonds. The van der Waals surface area contributed by atoms with Gasteiger partial charge in [0, 0.05) is 16.8 Å². The molecule has 1 aromatic heterocycles. The van der Waals surface area contributed by atoms with Crippen molar-refractivity contribution < 1.29 is 4.74 Å². The van der Waals surface area contributed by atoms with E-state index in [4.69, 9.17) is 9.72 Å². The lowest BCUT2D eigenvalue weighted by atomic mass is 10.0. The van der Waals surface area contributed by atoms with E-state index in [1.54, 1.807) is 0 Å². The van der Waals surface area contributed by atoms with Gasteiger partial charge in [0.2, 0.25) is 0 Å². The Morgan fingerprint density at radius 2 is 1.38 bits per heavy atom. The molecule has 3 heteroatoms. The summed E-state index contributed by atoms with van der Waals surface area (Å²) in [7, 11) is 0. The van der Waals surface area contributed by atoms with Gasteiger partial charge in [0.1, 0.15) is 12.1 Å². The molecule has 0 fully saturated rings. The highest BCUT2D eigenvalue weighted by molar-refractivity contribution is 5.79. The molecule has 0 aliphatic carbocycles. The van der Waals surface area contributed by atoms with Crippen LogP contribution in [0.15, 0.2) is 91.3 Å². The van der Waals surface area contributed by atoms with Crippen LogP contribution in [0.5, 0.6) is 5.75 Å². The smallest absolute Gasteiger partial charge is 0.119 e. The SMILES string of the molecule is CCOc1ccc(-n2cnc(-c3ccccc3)c2-c2ccccc2)cc1. The number of imidazole rings is 1. The fourth-order valence-electron chi connectivity index (χ4n) is 3.09. The van der Waals surface area contributed by atoms with Crippen LogP contribution in [0.3, 0.4) is 0 Å². The van der Waals surface area contributed by atoms with Crippen LogP contribution in [0.25, 0.3) is 28.2 Å². The Hall–Kier alpha value is -3.33. The summed E-state index contributed by atoms with van der Waals surface area (Å²) in [6.45, 7) is 2.65. The summed E-state index contributed by atoms with van der Waals surface area (Å²) in [5.41, 5.74) is 5.36. The molecule has 0 atom stereocenters. The van der Waals surface area contributed by atoms with E-state index in [1.165, 1.54) is 0 Å². The number of nitrogens with zero attached hydrogens (tertiary/aromatic N) is 2. The number of ether oxygens (including phenoxy) is 1. The van der Waals surface area contributed by atoms with Gasteiger partial charge < -0.3 is 4.74 Å². The molecule has 0 radical (unpaired) electrons. The highest BCUT2D eigenvalue weighted by Gasteiger charge is 2.15. The molecule has 26 heavy (non-hydrogen) atoms. The van der Waals surface area contributed by atoms with Crippen LogP contribution < -0.4 is 4.74 Å². The van der Waals surface area contributed by atoms with E-state index in [0.29, 0.717) is 6.61 Å². The maximum absolute atomic E-state index is 5.56. The largest absolute Gasteiger partial charge is 0.494 e. The standard InChI is InChI=1S/C23H20N2O/c1-2-26-21-15-13-20(14-16-21)25-17-24-22(18-9-5-3-6-10-18)23(25)19-11-7-4-8-12-19/h3-17H,2H2,1H3. The Balaban J connectivity index is 1.86. The Morgan fingerprint density at radius 3 is 2.00 bits per heavy atom. The van der Waals surface area contributed by atoms with Crippen LogP contribution in [0, 0.1) is 0 Å². The van der Waals surface area contributed by atoms with E-state index in [9.17, 15) is 0 Å². The van der Waals surface area contributed by atoms with E-state index in [2.05, 4.69) is 53.1 Å². The Morgan fingerprint density at radius 1 is 0.769 bits per heavy atom. The van der Waals surface area contributed by atoms with Gasteiger partial charge in [-0.05, 0) is 31.2 Å². The van der Waals surface area contributed by atoms with Crippen molar-refractivity contribution in [2.75, 3.05) is 6.61 Å². The molecular formula is C23H20N2O. The molecule has 0 unspecified atom stereocenters. The molecule has 128 valence electrons. The van der Waals surface area contributed by atoms with Crippen LogP contribution in [-0.4, -0.2) is 16.2 Å². The summed E-state index contributed by atoms with van der Waals surface area (Å²) in [5.74, 6) is 0.876. The van der Waals surface area contributed by atoms with Crippen LogP contribution in [0.4, 0.5) is 0 Å². The zero-order valence-electron chi connectivity index (χ0n) is 14.7. The van der Waals surface area contributed by atoms with Crippen molar-refractivity contribution in [1.82, 2.24) is 9.55 Å². The van der Waals surface area contributed by atoms with E-state index in [-0.39, 0.29) is 0 Å². The summed E-state index contributed by atoms with van der Waals surface area (Å²) in [4.78, 5) is 4.73. The maximum atomic E-state index is 5.56. The molecule has 4 rings (SSSR count). The van der Waals surface area contributed by atoms with Crippen molar-refractivity contribution in [2.24, 2.45) is 0 Å². The quantitative estimate of drug-likeness (QED) is 0.472. The van der Waals surface area contributed by atoms with Gasteiger partial charge >= 0.3 is 0 Å². The lowest BCUT2D eigenvalue weighted by Crippen LogP contribution is -1.97. The minimum Gasteiger partial charge on any atom is -0.494 e. The molecule has 0 saturated carbocycles. The first-order chi connectivity index (χ1) is 12.9. The third kappa shape index (κ3) is 3.11. The first kappa shape index (κ1) is 16.2. The van der Waals surface area contributed by atoms with Crippen LogP contribution in [-0.2, 0) is 0 Å². The topological polar surface area (TPSA) is 27.1 Å². The monoisotopic (exact) mass is 340 g/mol. The summed E-state index contributed by atoms with van der Waals surface area (Å²) in [5, 5.41) is 0. The summed E-state index contributed by atoms with van der Waals surface area (Å²) in [6.07, 6.45) is 1.89. The third-order valence-electron chi connectivity index (χ3n) is 4.29. The number of rotatable bonds is 5. The van der Waals surface area contributed by atoms with Crippen molar-refractivity contribution in [3.8, 4) is 34.0 Å². The van der Waals surface area contributed by atoms with E-state index < -0.39 is 0 Å². The average molecular weight is 340 g/mol. The highest BCUT2D eigenvalue weighted by Crippen LogP contribution is 2.33. The molecule has 0 aliphatic heterocycles. The maximum Gasteiger partial charge on any atom is 0.119 e. The minimum absolute atomic E-state index is 0.665. The van der Waals surface area contributed by atoms with Gasteiger partial charge in [-0.25, -0.2) is 4.98 Å². The second-order valence-electron chi connectivity index (χ2n) is 5.97. The molecule has 0 bridgehead atoms. The second-order valence-corrected chi connectivity index (χ2v) is 5.97. The number of aromatic nitrogens is 2. The van der Waals surface area contributed by atoms with Gasteiger partial charge in [0.15, 0.2) is 0 Å². The summed E-state index contributed by atoms with van der Waals surface area (Å²) in [6, 6.07) is 28.8. The Kier molecular flexibility index (Phi) is 4.52. The zero-order valence-corrected chi connectivity index (χ0v) is 14.7. The van der Waals surface area contributed by atoms with Crippen molar-refractivity contribution in [2.45, 2.75) is 6.92 Å². The van der Waals surface area contributed by atoms with E-state index >= 15 is 0 Å². The van der Waals surface area contributed by atoms with Gasteiger partial charge in [-0.15, -0.1) is 0 Å². The predicted molar refractivity (Wildman–Crippen MR) is 106 cm³/mol. The first-order valence-electron chi connectivity index (χ1n) is 8.78. The van der Waals surface area contributed by atoms with Gasteiger partial charge in [0.25, 0.3) is 0 Å². The molecule has 3 nitrogen and oxygen atoms in total. The minimum atomic E-state index is 0.665. The second kappa shape index (κ2) is 7.28. The van der Waals surface area contributed by atoms with E-state index in [0.717, 1.165) is 34.0 Å². The molecule has 0 aliphatic rings. The van der Waals surface area contributed by atoms with Gasteiger partial charge in [-0.1, -0.05) is 60.7 Å². The van der Waals surface area contributed by atoms with Crippen LogP contribution in [0.2, 0.25) is 0 Å². The summed E-state index contributed by atoms with van der Waals surface area (Å²) < 4.78 is 7.69. The van der Waals surface area contributed by atoms with Crippen LogP contribution in [0.1, 0.15) is 6.92 Å². The molecule has 0 spiro atoms. The molecule has 1 heterocycles. The van der Waals surface area contributed by atoms with Gasteiger partial charge in [0.05, 0.1) is 18.0 Å². The molecular weight excluding hydrogens is 320 g/mol. The zero-order chi connectivity index (χ0) is 17.8. The Bertz CT molecular complexity index is 974. The number of hydrogen-bond acceptors (Lipinski definition) is 2. The van der Waals surface area contributed by atoms with E-state index in [1.807, 2.05) is 49.6 Å². The molecule has 3 aromatic carbocycles. The fraction of sp³-hybridized carbons (Fsp3) is 0.0870. The van der Waals surface area contributed by atoms with Gasteiger partial charge in [-0.2, -0.15) is 0 Å². The number of hydrogen-bond donors (Lipinski definition) is 0. The van der Waals surface area contributed by atoms with Crippen molar-refractivity contribution in [1.29, 1.82) is 0 Å². The highest BCUT2D eigenvalue weighted by atomic mass is 16.5. The van der Waals surface area contributed by atoms with Crippen molar-refractivity contribution in [3.05, 3.63) is 91.3 Å². The van der Waals surface area contributed by atoms with Crippen molar-refractivity contribution in [3.63, 3.8) is 0 Å². The third-order valence-corrected chi connectivity index (χ3v) is 4.29. The lowest BCUT2D eigenvalue weighted by Gasteiger charge is -2.12. The first-order valence-corrected chi connectivity index (χ1v) is 8.78. The summed E-state index contributed by atoms with van der Waals surface area (Å²) >= 11 is 0. The predicted octanol–water partition coefficient (Wildman–Crippen LogP) is 5.61. The molecule has 0 N–H and O–H groups in total. The normalized spacial score (nSPS) is 10.7. The molecule has 4 aromatic rings. The fourth-order valence-corrected chi connectivity index (χ4v) is 3.09. The van der Waals surface area contributed by atoms with Crippen molar-refractivity contribution >= 4 is 0 Å². The Labute approximate surface area is 153 Å². The average Bonchev–Trinajstić information content (AvgIpc) is 3.15. The molecule has 0 saturated heterocycles. The lowest BCUT2D eigenvalue weighted by molar-refractivity contribution is 0.340. The van der Waals surface area contributed by atoms with Gasteiger partial charge in [-0.3, -0.25) is 4.57 Å². The number of benzene rings is 3. The van der Waals surface area contributed by atoms with Crippen LogP contribution >= 0.6 is 0 Å².